The van der Waals surface area contributed by atoms with E-state index in [0.29, 0.717) is 18.9 Å². The average Bonchev–Trinajstić information content (AvgIpc) is 2.17. The largest absolute Gasteiger partial charge is 0.356 e. The molecule has 0 saturated heterocycles. The second kappa shape index (κ2) is 7.80. The third-order valence-electron chi connectivity index (χ3n) is 2.59. The lowest BCUT2D eigenvalue weighted by Gasteiger charge is -2.11. The zero-order valence-electron chi connectivity index (χ0n) is 9.68. The summed E-state index contributed by atoms with van der Waals surface area (Å²) in [5, 5.41) is 2.89. The van der Waals surface area contributed by atoms with Gasteiger partial charge in [-0.05, 0) is 18.8 Å². The number of carbonyl (C=O) groups excluding carboxylic acids is 1. The van der Waals surface area contributed by atoms with Crippen LogP contribution in [0.4, 0.5) is 0 Å². The summed E-state index contributed by atoms with van der Waals surface area (Å²) < 4.78 is 0. The lowest BCUT2D eigenvalue weighted by Crippen LogP contribution is -2.30. The molecule has 0 aromatic carbocycles. The van der Waals surface area contributed by atoms with Crippen molar-refractivity contribution in [3.05, 3.63) is 0 Å². The van der Waals surface area contributed by atoms with Gasteiger partial charge in [-0.15, -0.1) is 0 Å². The molecule has 0 spiro atoms. The molecule has 0 bridgehead atoms. The molecule has 0 radical (unpaired) electrons. The van der Waals surface area contributed by atoms with E-state index < -0.39 is 0 Å². The van der Waals surface area contributed by atoms with Crippen LogP contribution in [0.3, 0.4) is 0 Å². The van der Waals surface area contributed by atoms with Gasteiger partial charge in [0.2, 0.25) is 5.91 Å². The maximum atomic E-state index is 11.3. The fraction of sp³-hybridized carbons (Fsp3) is 0.909. The van der Waals surface area contributed by atoms with Crippen molar-refractivity contribution in [2.45, 2.75) is 52.5 Å². The van der Waals surface area contributed by atoms with Crippen LogP contribution >= 0.6 is 0 Å². The number of hydrogen-bond donors (Lipinski definition) is 2. The average molecular weight is 200 g/mol. The SMILES string of the molecule is CCC(C)CC(=O)NCCC(N)CC. The highest BCUT2D eigenvalue weighted by Crippen LogP contribution is 2.05. The molecule has 0 saturated carbocycles. The monoisotopic (exact) mass is 200 g/mol. The van der Waals surface area contributed by atoms with Crippen molar-refractivity contribution in [2.75, 3.05) is 6.54 Å². The van der Waals surface area contributed by atoms with Crippen LogP contribution in [0.1, 0.15) is 46.5 Å². The minimum atomic E-state index is 0.155. The summed E-state index contributed by atoms with van der Waals surface area (Å²) in [6.07, 6.45) is 3.55. The highest BCUT2D eigenvalue weighted by molar-refractivity contribution is 5.76. The number of nitrogens with one attached hydrogen (secondary N) is 1. The Bertz CT molecular complexity index is 159. The summed E-state index contributed by atoms with van der Waals surface area (Å²) in [6.45, 7) is 6.97. The highest BCUT2D eigenvalue weighted by atomic mass is 16.1. The highest BCUT2D eigenvalue weighted by Gasteiger charge is 2.06. The van der Waals surface area contributed by atoms with E-state index in [0.717, 1.165) is 19.3 Å². The van der Waals surface area contributed by atoms with Crippen molar-refractivity contribution in [1.29, 1.82) is 0 Å². The van der Waals surface area contributed by atoms with Gasteiger partial charge < -0.3 is 11.1 Å². The first-order chi connectivity index (χ1) is 6.60. The molecule has 3 N–H and O–H groups in total. The molecule has 2 atom stereocenters. The quantitative estimate of drug-likeness (QED) is 0.657. The number of carbonyl (C=O) groups is 1. The van der Waals surface area contributed by atoms with E-state index in [1.54, 1.807) is 0 Å². The first-order valence-corrected chi connectivity index (χ1v) is 5.62. The molecule has 2 unspecified atom stereocenters. The first-order valence-electron chi connectivity index (χ1n) is 5.62. The van der Waals surface area contributed by atoms with Gasteiger partial charge in [0, 0.05) is 19.0 Å². The predicted molar refractivity (Wildman–Crippen MR) is 60.0 cm³/mol. The lowest BCUT2D eigenvalue weighted by molar-refractivity contribution is -0.121. The second-order valence-corrected chi connectivity index (χ2v) is 4.02. The molecule has 0 aromatic heterocycles. The lowest BCUT2D eigenvalue weighted by atomic mass is 10.1. The Hall–Kier alpha value is -0.570. The van der Waals surface area contributed by atoms with Crippen LogP contribution in [0.5, 0.6) is 0 Å². The van der Waals surface area contributed by atoms with Crippen molar-refractivity contribution < 1.29 is 4.79 Å². The number of rotatable bonds is 7. The second-order valence-electron chi connectivity index (χ2n) is 4.02. The molecular weight excluding hydrogens is 176 g/mol. The van der Waals surface area contributed by atoms with E-state index in [4.69, 9.17) is 5.73 Å². The summed E-state index contributed by atoms with van der Waals surface area (Å²) in [5.41, 5.74) is 5.74. The van der Waals surface area contributed by atoms with Gasteiger partial charge in [-0.2, -0.15) is 0 Å². The molecule has 0 fully saturated rings. The van der Waals surface area contributed by atoms with Crippen molar-refractivity contribution in [2.24, 2.45) is 11.7 Å². The third kappa shape index (κ3) is 6.89. The molecule has 1 amide bonds. The van der Waals surface area contributed by atoms with Gasteiger partial charge in [0.15, 0.2) is 0 Å². The number of nitrogens with two attached hydrogens (primary N) is 1. The van der Waals surface area contributed by atoms with Crippen LogP contribution < -0.4 is 11.1 Å². The normalized spacial score (nSPS) is 14.9. The predicted octanol–water partition coefficient (Wildman–Crippen LogP) is 1.67. The summed E-state index contributed by atoms with van der Waals surface area (Å²) in [4.78, 5) is 11.3. The molecule has 0 rings (SSSR count). The molecule has 3 nitrogen and oxygen atoms in total. The van der Waals surface area contributed by atoms with Gasteiger partial charge in [-0.25, -0.2) is 0 Å². The zero-order chi connectivity index (χ0) is 11.0. The van der Waals surface area contributed by atoms with Gasteiger partial charge in [-0.1, -0.05) is 27.2 Å². The third-order valence-corrected chi connectivity index (χ3v) is 2.59. The number of amides is 1. The minimum Gasteiger partial charge on any atom is -0.356 e. The molecule has 0 aromatic rings. The van der Waals surface area contributed by atoms with Crippen LogP contribution in [-0.4, -0.2) is 18.5 Å². The van der Waals surface area contributed by atoms with Crippen molar-refractivity contribution in [3.8, 4) is 0 Å². The molecule has 14 heavy (non-hydrogen) atoms. The molecule has 84 valence electrons. The summed E-state index contributed by atoms with van der Waals surface area (Å²) in [5.74, 6) is 0.637. The Morgan fingerprint density at radius 2 is 2.00 bits per heavy atom. The zero-order valence-corrected chi connectivity index (χ0v) is 9.68. The van der Waals surface area contributed by atoms with Crippen molar-refractivity contribution in [3.63, 3.8) is 0 Å². The van der Waals surface area contributed by atoms with Crippen molar-refractivity contribution in [1.82, 2.24) is 5.32 Å². The fourth-order valence-electron chi connectivity index (χ4n) is 1.13. The molecule has 0 aliphatic carbocycles. The van der Waals surface area contributed by atoms with Gasteiger partial charge in [-0.3, -0.25) is 4.79 Å². The molecule has 3 heteroatoms. The summed E-state index contributed by atoms with van der Waals surface area (Å²) in [7, 11) is 0. The van der Waals surface area contributed by atoms with E-state index in [1.807, 2.05) is 0 Å². The molecule has 0 heterocycles. The van der Waals surface area contributed by atoms with Crippen molar-refractivity contribution >= 4 is 5.91 Å². The standard InChI is InChI=1S/C11H24N2O/c1-4-9(3)8-11(14)13-7-6-10(12)5-2/h9-10H,4-8,12H2,1-3H3,(H,13,14). The Labute approximate surface area is 87.4 Å². The smallest absolute Gasteiger partial charge is 0.220 e. The van der Waals surface area contributed by atoms with Crippen LogP contribution in [0.2, 0.25) is 0 Å². The van der Waals surface area contributed by atoms with Crippen LogP contribution in [0.25, 0.3) is 0 Å². The summed E-state index contributed by atoms with van der Waals surface area (Å²) >= 11 is 0. The Morgan fingerprint density at radius 1 is 1.36 bits per heavy atom. The van der Waals surface area contributed by atoms with E-state index in [2.05, 4.69) is 26.1 Å². The van der Waals surface area contributed by atoms with Gasteiger partial charge in [0.05, 0.1) is 0 Å². The van der Waals surface area contributed by atoms with Crippen LogP contribution in [0.15, 0.2) is 0 Å². The van der Waals surface area contributed by atoms with Gasteiger partial charge in [0.25, 0.3) is 0 Å². The molecule has 0 aliphatic rings. The summed E-state index contributed by atoms with van der Waals surface area (Å²) in [6, 6.07) is 0.221. The Balaban J connectivity index is 3.44. The fourth-order valence-corrected chi connectivity index (χ4v) is 1.13. The number of hydrogen-bond acceptors (Lipinski definition) is 2. The van der Waals surface area contributed by atoms with Crippen LogP contribution in [-0.2, 0) is 4.79 Å². The minimum absolute atomic E-state index is 0.155. The van der Waals surface area contributed by atoms with E-state index in [-0.39, 0.29) is 11.9 Å². The molecule has 0 aliphatic heterocycles. The maximum Gasteiger partial charge on any atom is 0.220 e. The van der Waals surface area contributed by atoms with E-state index >= 15 is 0 Å². The van der Waals surface area contributed by atoms with E-state index in [9.17, 15) is 4.79 Å². The Kier molecular flexibility index (Phi) is 7.48. The first kappa shape index (κ1) is 13.4. The van der Waals surface area contributed by atoms with Crippen LogP contribution in [0, 0.1) is 5.92 Å². The Morgan fingerprint density at radius 3 is 2.50 bits per heavy atom. The maximum absolute atomic E-state index is 11.3. The van der Waals surface area contributed by atoms with Gasteiger partial charge >= 0.3 is 0 Å². The molecular formula is C11H24N2O. The topological polar surface area (TPSA) is 55.1 Å². The van der Waals surface area contributed by atoms with E-state index in [1.165, 1.54) is 0 Å². The van der Waals surface area contributed by atoms with Gasteiger partial charge in [0.1, 0.15) is 0 Å².